The van der Waals surface area contributed by atoms with Crippen LogP contribution in [0.25, 0.3) is 0 Å². The van der Waals surface area contributed by atoms with Crippen LogP contribution in [0, 0.1) is 0 Å². The quantitative estimate of drug-likeness (QED) is 0.707. The maximum Gasteiger partial charge on any atom is 0.279 e. The molecule has 5 nitrogen and oxygen atoms in total. The Bertz CT molecular complexity index is 1020. The van der Waals surface area contributed by atoms with E-state index >= 15 is 0 Å². The average Bonchev–Trinajstić information content (AvgIpc) is 3.07. The Balaban J connectivity index is 1.79. The summed E-state index contributed by atoms with van der Waals surface area (Å²) in [6, 6.07) is 13.4. The minimum Gasteiger partial charge on any atom is -0.313 e. The average molecular weight is 441 g/mol. The molecule has 0 radical (unpaired) electrons. The lowest BCUT2D eigenvalue weighted by Crippen LogP contribution is -2.38. The molecule has 0 aromatic heterocycles. The molecule has 2 aliphatic heterocycles. The van der Waals surface area contributed by atoms with Crippen molar-refractivity contribution >= 4 is 61.6 Å². The zero-order valence-corrected chi connectivity index (χ0v) is 17.0. The van der Waals surface area contributed by atoms with Gasteiger partial charge in [0.15, 0.2) is 15.0 Å². The second kappa shape index (κ2) is 7.13. The highest BCUT2D eigenvalue weighted by Crippen LogP contribution is 2.45. The molecule has 0 saturated carbocycles. The van der Waals surface area contributed by atoms with Gasteiger partial charge in [-0.05, 0) is 24.3 Å². The molecular formula is C18H14Cl2N2O3S2. The maximum atomic E-state index is 12.6. The molecule has 2 saturated heterocycles. The predicted octanol–water partition coefficient (Wildman–Crippen LogP) is 3.91. The van der Waals surface area contributed by atoms with Gasteiger partial charge in [0.2, 0.25) is 0 Å². The minimum atomic E-state index is -3.16. The van der Waals surface area contributed by atoms with E-state index in [4.69, 9.17) is 23.2 Å². The van der Waals surface area contributed by atoms with Gasteiger partial charge in [-0.3, -0.25) is 4.79 Å². The third kappa shape index (κ3) is 3.61. The van der Waals surface area contributed by atoms with E-state index in [0.717, 1.165) is 0 Å². The van der Waals surface area contributed by atoms with Gasteiger partial charge >= 0.3 is 0 Å². The summed E-state index contributed by atoms with van der Waals surface area (Å²) in [4.78, 5) is 18.6. The van der Waals surface area contributed by atoms with E-state index in [1.807, 2.05) is 6.07 Å². The van der Waals surface area contributed by atoms with Crippen molar-refractivity contribution in [1.29, 1.82) is 0 Å². The molecule has 0 unspecified atom stereocenters. The van der Waals surface area contributed by atoms with Gasteiger partial charge in [-0.15, -0.1) is 0 Å². The van der Waals surface area contributed by atoms with Crippen LogP contribution in [0.5, 0.6) is 0 Å². The summed E-state index contributed by atoms with van der Waals surface area (Å²) in [6.07, 6.45) is 0. The molecular weight excluding hydrogens is 427 g/mol. The summed E-state index contributed by atoms with van der Waals surface area (Å²) >= 11 is 14.0. The van der Waals surface area contributed by atoms with Gasteiger partial charge < -0.3 is 4.90 Å². The van der Waals surface area contributed by atoms with E-state index in [2.05, 4.69) is 4.99 Å². The first kappa shape index (κ1) is 18.8. The van der Waals surface area contributed by atoms with Crippen LogP contribution in [0.1, 0.15) is 10.4 Å². The van der Waals surface area contributed by atoms with Gasteiger partial charge in [0.25, 0.3) is 5.91 Å². The Kier molecular flexibility index (Phi) is 4.96. The third-order valence-electron chi connectivity index (χ3n) is 4.46. The molecule has 0 spiro atoms. The number of nitrogens with zero attached hydrogens (tertiary/aromatic N) is 2. The first-order chi connectivity index (χ1) is 12.9. The number of amidine groups is 1. The van der Waals surface area contributed by atoms with Crippen molar-refractivity contribution in [3.05, 3.63) is 64.1 Å². The van der Waals surface area contributed by atoms with Crippen LogP contribution in [-0.4, -0.2) is 42.3 Å². The number of aliphatic imine (C=N–C) groups is 1. The molecule has 0 aliphatic carbocycles. The monoisotopic (exact) mass is 440 g/mol. The number of fused-ring (bicyclic) bond motifs is 1. The molecule has 2 heterocycles. The SMILES string of the molecule is O=C(N=C1S[C@@H]2CS(=O)(=O)C[C@H]2N1c1c(Cl)cccc1Cl)c1ccccc1. The van der Waals surface area contributed by atoms with E-state index in [9.17, 15) is 13.2 Å². The van der Waals surface area contributed by atoms with Gasteiger partial charge in [0.1, 0.15) is 0 Å². The van der Waals surface area contributed by atoms with Gasteiger partial charge in [-0.1, -0.05) is 59.2 Å². The van der Waals surface area contributed by atoms with E-state index in [1.54, 1.807) is 47.4 Å². The van der Waals surface area contributed by atoms with Crippen LogP contribution in [0.3, 0.4) is 0 Å². The molecule has 0 bridgehead atoms. The lowest BCUT2D eigenvalue weighted by atomic mass is 10.2. The Labute approximate surface area is 171 Å². The molecule has 1 amide bonds. The number of hydrogen-bond acceptors (Lipinski definition) is 4. The van der Waals surface area contributed by atoms with Crippen molar-refractivity contribution in [2.75, 3.05) is 16.4 Å². The molecule has 140 valence electrons. The highest BCUT2D eigenvalue weighted by molar-refractivity contribution is 8.16. The largest absolute Gasteiger partial charge is 0.313 e. The summed E-state index contributed by atoms with van der Waals surface area (Å²) in [7, 11) is -3.16. The highest BCUT2D eigenvalue weighted by atomic mass is 35.5. The topological polar surface area (TPSA) is 66.8 Å². The van der Waals surface area contributed by atoms with E-state index in [1.165, 1.54) is 11.8 Å². The number of carbonyl (C=O) groups excluding carboxylic acids is 1. The van der Waals surface area contributed by atoms with Gasteiger partial charge in [0, 0.05) is 10.8 Å². The lowest BCUT2D eigenvalue weighted by Gasteiger charge is -2.26. The Morgan fingerprint density at radius 2 is 1.70 bits per heavy atom. The first-order valence-corrected chi connectivity index (χ1v) is 11.6. The Hall–Kier alpha value is -1.54. The Morgan fingerprint density at radius 1 is 1.04 bits per heavy atom. The molecule has 2 fully saturated rings. The fourth-order valence-electron chi connectivity index (χ4n) is 3.28. The van der Waals surface area contributed by atoms with Crippen molar-refractivity contribution in [3.63, 3.8) is 0 Å². The zero-order chi connectivity index (χ0) is 19.2. The van der Waals surface area contributed by atoms with Crippen molar-refractivity contribution in [2.24, 2.45) is 4.99 Å². The van der Waals surface area contributed by atoms with Crippen molar-refractivity contribution < 1.29 is 13.2 Å². The van der Waals surface area contributed by atoms with E-state index < -0.39 is 15.7 Å². The third-order valence-corrected chi connectivity index (χ3v) is 8.28. The molecule has 0 N–H and O–H groups in total. The van der Waals surface area contributed by atoms with Crippen LogP contribution in [0.15, 0.2) is 53.5 Å². The van der Waals surface area contributed by atoms with Crippen molar-refractivity contribution in [3.8, 4) is 0 Å². The van der Waals surface area contributed by atoms with Gasteiger partial charge in [-0.2, -0.15) is 4.99 Å². The number of thioether (sulfide) groups is 1. The summed E-state index contributed by atoms with van der Waals surface area (Å²) < 4.78 is 24.3. The first-order valence-electron chi connectivity index (χ1n) is 8.14. The maximum absolute atomic E-state index is 12.6. The number of amides is 1. The van der Waals surface area contributed by atoms with Gasteiger partial charge in [0.05, 0.1) is 33.3 Å². The molecule has 2 aromatic rings. The number of halogens is 2. The fourth-order valence-corrected chi connectivity index (χ4v) is 7.76. The number of para-hydroxylation sites is 1. The molecule has 4 rings (SSSR count). The number of benzene rings is 2. The zero-order valence-electron chi connectivity index (χ0n) is 13.9. The van der Waals surface area contributed by atoms with Crippen LogP contribution in [0.2, 0.25) is 10.0 Å². The molecule has 2 aromatic carbocycles. The molecule has 27 heavy (non-hydrogen) atoms. The molecule has 9 heteroatoms. The molecule has 2 atom stereocenters. The highest BCUT2D eigenvalue weighted by Gasteiger charge is 2.50. The fraction of sp³-hybridized carbons (Fsp3) is 0.222. The second-order valence-electron chi connectivity index (χ2n) is 6.31. The standard InChI is InChI=1S/C18H14Cl2N2O3S2/c19-12-7-4-8-13(20)16(12)22-14-9-27(24,25)10-15(14)26-18(22)21-17(23)11-5-2-1-3-6-11/h1-8,14-15H,9-10H2/t14-,15-/m1/s1. The lowest BCUT2D eigenvalue weighted by molar-refractivity contribution is 0.100. The van der Waals surface area contributed by atoms with Crippen LogP contribution in [-0.2, 0) is 9.84 Å². The predicted molar refractivity (Wildman–Crippen MR) is 111 cm³/mol. The summed E-state index contributed by atoms with van der Waals surface area (Å²) in [5.74, 6) is -0.376. The summed E-state index contributed by atoms with van der Waals surface area (Å²) in [6.45, 7) is 0. The summed E-state index contributed by atoms with van der Waals surface area (Å²) in [5, 5.41) is 0.967. The number of hydrogen-bond donors (Lipinski definition) is 0. The van der Waals surface area contributed by atoms with Crippen LogP contribution >= 0.6 is 35.0 Å². The van der Waals surface area contributed by atoms with Crippen LogP contribution in [0.4, 0.5) is 5.69 Å². The van der Waals surface area contributed by atoms with Crippen molar-refractivity contribution in [1.82, 2.24) is 0 Å². The normalized spacial score (nSPS) is 25.0. The van der Waals surface area contributed by atoms with E-state index in [0.29, 0.717) is 26.5 Å². The number of sulfone groups is 1. The number of rotatable bonds is 2. The minimum absolute atomic E-state index is 0.0230. The Morgan fingerprint density at radius 3 is 2.37 bits per heavy atom. The smallest absolute Gasteiger partial charge is 0.279 e. The van der Waals surface area contributed by atoms with E-state index in [-0.39, 0.29) is 22.8 Å². The molecule has 2 aliphatic rings. The van der Waals surface area contributed by atoms with Gasteiger partial charge in [-0.25, -0.2) is 8.42 Å². The number of anilines is 1. The summed E-state index contributed by atoms with van der Waals surface area (Å²) in [5.41, 5.74) is 0.943. The van der Waals surface area contributed by atoms with Crippen LogP contribution < -0.4 is 4.90 Å². The number of carbonyl (C=O) groups is 1. The second-order valence-corrected chi connectivity index (χ2v) is 10.5. The van der Waals surface area contributed by atoms with Crippen molar-refractivity contribution in [2.45, 2.75) is 11.3 Å².